The summed E-state index contributed by atoms with van der Waals surface area (Å²) in [4.78, 5) is 3.16. The van der Waals surface area contributed by atoms with Gasteiger partial charge in [-0.3, -0.25) is 0 Å². The molecule has 0 aliphatic heterocycles. The fraction of sp³-hybridized carbons (Fsp3) is 0.222. The molecule has 0 aliphatic carbocycles. The molecule has 1 N–H and O–H groups in total. The highest BCUT2D eigenvalue weighted by Gasteiger charge is 2.19. The van der Waals surface area contributed by atoms with Crippen molar-refractivity contribution in [2.45, 2.75) is 27.7 Å². The maximum atomic E-state index is 14.6. The lowest BCUT2D eigenvalue weighted by molar-refractivity contribution is 0.626. The molecule has 1 heterocycles. The Hall–Kier alpha value is -1.51. The Bertz CT molecular complexity index is 821. The largest absolute Gasteiger partial charge is 0.357 e. The van der Waals surface area contributed by atoms with Gasteiger partial charge in [-0.15, -0.1) is 0 Å². The van der Waals surface area contributed by atoms with E-state index in [2.05, 4.69) is 11.6 Å². The van der Waals surface area contributed by atoms with Gasteiger partial charge < -0.3 is 4.98 Å². The minimum absolute atomic E-state index is 0.351. The first-order valence-corrected chi connectivity index (χ1v) is 7.66. The van der Waals surface area contributed by atoms with Crippen molar-refractivity contribution in [2.75, 3.05) is 0 Å². The molecule has 116 valence electrons. The number of H-pyrrole nitrogens is 1. The molecule has 0 saturated carbocycles. The van der Waals surface area contributed by atoms with Crippen molar-refractivity contribution in [3.05, 3.63) is 63.1 Å². The minimum atomic E-state index is -0.408. The van der Waals surface area contributed by atoms with E-state index >= 15 is 0 Å². The molecule has 0 saturated heterocycles. The monoisotopic (exact) mass is 337 g/mol. The lowest BCUT2D eigenvalue weighted by Crippen LogP contribution is -1.95. The molecule has 4 heteroatoms. The second-order valence-electron chi connectivity index (χ2n) is 5.68. The predicted molar refractivity (Wildman–Crippen MR) is 95.0 cm³/mol. The van der Waals surface area contributed by atoms with Crippen molar-refractivity contribution in [1.29, 1.82) is 0 Å². The predicted octanol–water partition coefficient (Wildman–Crippen LogP) is 6.76. The summed E-state index contributed by atoms with van der Waals surface area (Å²) in [5.74, 6) is -0.408. The number of hydrogen-bond acceptors (Lipinski definition) is 0. The number of rotatable bonds is 3. The molecule has 2 aromatic rings. The molecule has 0 bridgehead atoms. The van der Waals surface area contributed by atoms with Crippen LogP contribution in [-0.4, -0.2) is 4.98 Å². The molecular formula is C18H18Cl2FN. The van der Waals surface area contributed by atoms with Crippen LogP contribution < -0.4 is 0 Å². The first-order chi connectivity index (χ1) is 10.2. The van der Waals surface area contributed by atoms with Gasteiger partial charge in [0.25, 0.3) is 0 Å². The van der Waals surface area contributed by atoms with Crippen LogP contribution in [0.15, 0.2) is 41.0 Å². The molecule has 1 aromatic carbocycles. The number of benzene rings is 1. The lowest BCUT2D eigenvalue weighted by Gasteiger charge is -2.13. The number of hydrogen-bond donors (Lipinski definition) is 1. The van der Waals surface area contributed by atoms with Crippen LogP contribution >= 0.6 is 23.2 Å². The highest BCUT2D eigenvalue weighted by Crippen LogP contribution is 2.38. The smallest absolute Gasteiger partial charge is 0.133 e. The van der Waals surface area contributed by atoms with Crippen LogP contribution in [0.1, 0.15) is 32.0 Å². The zero-order valence-electron chi connectivity index (χ0n) is 13.1. The number of allylic oxidation sites excluding steroid dienone is 5. The summed E-state index contributed by atoms with van der Waals surface area (Å²) in [6.45, 7) is 11.5. The molecule has 1 nitrogen and oxygen atoms in total. The first-order valence-electron chi connectivity index (χ1n) is 6.90. The number of aromatic nitrogens is 1. The van der Waals surface area contributed by atoms with Crippen LogP contribution in [-0.2, 0) is 0 Å². The maximum absolute atomic E-state index is 14.6. The van der Waals surface area contributed by atoms with Gasteiger partial charge in [0.15, 0.2) is 0 Å². The number of fused-ring (bicyclic) bond motifs is 1. The van der Waals surface area contributed by atoms with Crippen LogP contribution in [0.4, 0.5) is 4.39 Å². The highest BCUT2D eigenvalue weighted by molar-refractivity contribution is 6.37. The van der Waals surface area contributed by atoms with Crippen molar-refractivity contribution in [3.63, 3.8) is 0 Å². The van der Waals surface area contributed by atoms with Gasteiger partial charge in [0.1, 0.15) is 5.82 Å². The van der Waals surface area contributed by atoms with E-state index in [1.165, 1.54) is 6.07 Å². The number of nitrogens with one attached hydrogen (secondary N) is 1. The second kappa shape index (κ2) is 6.31. The average Bonchev–Trinajstić information content (AvgIpc) is 2.74. The Labute approximate surface area is 140 Å². The van der Waals surface area contributed by atoms with Crippen LogP contribution in [0.3, 0.4) is 0 Å². The van der Waals surface area contributed by atoms with E-state index in [0.29, 0.717) is 37.7 Å². The Morgan fingerprint density at radius 1 is 1.27 bits per heavy atom. The summed E-state index contributed by atoms with van der Waals surface area (Å²) in [5, 5.41) is 1.53. The van der Waals surface area contributed by atoms with Crippen molar-refractivity contribution in [1.82, 2.24) is 4.98 Å². The molecule has 0 unspecified atom stereocenters. The summed E-state index contributed by atoms with van der Waals surface area (Å²) in [6, 6.07) is 3.18. The Kier molecular flexibility index (Phi) is 4.84. The molecule has 0 radical (unpaired) electrons. The van der Waals surface area contributed by atoms with E-state index in [9.17, 15) is 4.39 Å². The van der Waals surface area contributed by atoms with Gasteiger partial charge in [0, 0.05) is 27.2 Å². The molecule has 0 spiro atoms. The molecule has 2 rings (SSSR count). The zero-order valence-corrected chi connectivity index (χ0v) is 14.6. The second-order valence-corrected chi connectivity index (χ2v) is 6.50. The van der Waals surface area contributed by atoms with E-state index in [4.69, 9.17) is 23.2 Å². The Morgan fingerprint density at radius 2 is 1.91 bits per heavy atom. The van der Waals surface area contributed by atoms with Crippen molar-refractivity contribution < 1.29 is 4.39 Å². The molecule has 22 heavy (non-hydrogen) atoms. The fourth-order valence-corrected chi connectivity index (χ4v) is 3.19. The van der Waals surface area contributed by atoms with E-state index in [1.807, 2.05) is 39.8 Å². The van der Waals surface area contributed by atoms with Gasteiger partial charge in [0.05, 0.1) is 10.5 Å². The maximum Gasteiger partial charge on any atom is 0.133 e. The van der Waals surface area contributed by atoms with Gasteiger partial charge >= 0.3 is 0 Å². The summed E-state index contributed by atoms with van der Waals surface area (Å²) in [7, 11) is 0. The van der Waals surface area contributed by atoms with Gasteiger partial charge in [-0.2, -0.15) is 0 Å². The quantitative estimate of drug-likeness (QED) is 0.595. The third-order valence-corrected chi connectivity index (χ3v) is 3.88. The van der Waals surface area contributed by atoms with Crippen LogP contribution in [0.5, 0.6) is 0 Å². The van der Waals surface area contributed by atoms with Crippen LogP contribution in [0.2, 0.25) is 5.02 Å². The first kappa shape index (κ1) is 16.9. The van der Waals surface area contributed by atoms with Crippen molar-refractivity contribution in [2.24, 2.45) is 0 Å². The SMILES string of the molecule is C=C(C)/C(=C(/Cl)C=C(C)C)c1c(F)cc(Cl)c2[nH]c(C)cc12. The zero-order chi connectivity index (χ0) is 16.6. The van der Waals surface area contributed by atoms with E-state index < -0.39 is 5.82 Å². The number of aromatic amines is 1. The minimum Gasteiger partial charge on any atom is -0.357 e. The van der Waals surface area contributed by atoms with Crippen LogP contribution in [0.25, 0.3) is 16.5 Å². The van der Waals surface area contributed by atoms with E-state index in [-0.39, 0.29) is 0 Å². The van der Waals surface area contributed by atoms with Gasteiger partial charge in [-0.1, -0.05) is 35.4 Å². The third kappa shape index (κ3) is 3.13. The molecule has 0 amide bonds. The normalized spacial score (nSPS) is 12.3. The van der Waals surface area contributed by atoms with E-state index in [0.717, 1.165) is 11.3 Å². The topological polar surface area (TPSA) is 15.8 Å². The number of aryl methyl sites for hydroxylation is 1. The molecule has 1 aromatic heterocycles. The van der Waals surface area contributed by atoms with E-state index in [1.54, 1.807) is 0 Å². The molecule has 0 fully saturated rings. The molecule has 0 aliphatic rings. The standard InChI is InChI=1S/C18H18Cl2FN/c1-9(2)6-13(19)16(10(3)4)17-12-7-11(5)22-18(12)14(20)8-15(17)21/h6-8,22H,3H2,1-2,4-5H3/b16-13-. The van der Waals surface area contributed by atoms with Crippen LogP contribution in [0, 0.1) is 12.7 Å². The summed E-state index contributed by atoms with van der Waals surface area (Å²) in [5.41, 5.74) is 4.36. The van der Waals surface area contributed by atoms with Gasteiger partial charge in [0.2, 0.25) is 0 Å². The number of halogens is 3. The highest BCUT2D eigenvalue weighted by atomic mass is 35.5. The fourth-order valence-electron chi connectivity index (χ4n) is 2.48. The lowest BCUT2D eigenvalue weighted by atomic mass is 9.95. The third-order valence-electron chi connectivity index (χ3n) is 3.28. The van der Waals surface area contributed by atoms with Crippen molar-refractivity contribution in [3.8, 4) is 0 Å². The molecular weight excluding hydrogens is 320 g/mol. The molecule has 0 atom stereocenters. The Morgan fingerprint density at radius 3 is 2.45 bits per heavy atom. The Balaban J connectivity index is 2.92. The summed E-state index contributed by atoms with van der Waals surface area (Å²) in [6.07, 6.45) is 1.81. The van der Waals surface area contributed by atoms with Gasteiger partial charge in [-0.25, -0.2) is 4.39 Å². The summed E-state index contributed by atoms with van der Waals surface area (Å²) >= 11 is 12.6. The average molecular weight is 338 g/mol. The van der Waals surface area contributed by atoms with Crippen molar-refractivity contribution >= 4 is 39.7 Å². The summed E-state index contributed by atoms with van der Waals surface area (Å²) < 4.78 is 14.6. The van der Waals surface area contributed by atoms with Gasteiger partial charge in [-0.05, 0) is 51.5 Å².